The third-order valence-electron chi connectivity index (χ3n) is 8.51. The number of amides is 2. The molecule has 4 atom stereocenters. The summed E-state index contributed by atoms with van der Waals surface area (Å²) in [5.74, 6) is -0.258. The Morgan fingerprint density at radius 3 is 2.20 bits per heavy atom. The van der Waals surface area contributed by atoms with E-state index in [1.54, 1.807) is 36.5 Å². The number of anilines is 1. The smallest absolute Gasteiger partial charge is 0.351 e. The molecule has 0 radical (unpaired) electrons. The van der Waals surface area contributed by atoms with E-state index in [2.05, 4.69) is 38.8 Å². The minimum atomic E-state index is -2.25. The molecule has 1 aromatic carbocycles. The molecule has 0 spiro atoms. The molecule has 1 saturated heterocycles. The Labute approximate surface area is 243 Å². The quantitative estimate of drug-likeness (QED) is 0.215. The number of fused-ring (bicyclic) bond motifs is 1. The van der Waals surface area contributed by atoms with Gasteiger partial charge in [-0.05, 0) is 55.6 Å². The van der Waals surface area contributed by atoms with Gasteiger partial charge in [0.2, 0.25) is 0 Å². The Bertz CT molecular complexity index is 1270. The number of carbonyl (C=O) groups is 2. The van der Waals surface area contributed by atoms with Crippen LogP contribution >= 0.6 is 0 Å². The maximum Gasteiger partial charge on any atom is 0.351 e. The van der Waals surface area contributed by atoms with Gasteiger partial charge in [0.05, 0.1) is 17.2 Å². The van der Waals surface area contributed by atoms with E-state index in [-0.39, 0.29) is 34.9 Å². The summed E-state index contributed by atoms with van der Waals surface area (Å²) in [4.78, 5) is 43.1. The number of nitrogens with zero attached hydrogens (tertiary/aromatic N) is 3. The number of nitrogens with two attached hydrogens (primary N) is 1. The van der Waals surface area contributed by atoms with E-state index in [0.717, 1.165) is 25.7 Å². The standard InChI is InChI=1S/C30H44N4O6Si/c1-7-22-24(38-19-13-9-8-12-17-33-26(35)20-14-10-11-15-21(20)27(33)36)25(40-41(5,6)30(2,3)4)28(39-22)34-18-16-23(31)32-29(34)37/h10-11,14-16,18,22,24-25,28H,7-9,12-13,17,19H2,1-6H3,(H2,31,32,37)/t22-,24?,25+,28-/m1/s1. The highest BCUT2D eigenvalue weighted by Crippen LogP contribution is 2.43. The predicted molar refractivity (Wildman–Crippen MR) is 159 cm³/mol. The molecule has 2 aliphatic heterocycles. The van der Waals surface area contributed by atoms with Crippen LogP contribution in [0.3, 0.4) is 0 Å². The number of hydrogen-bond donors (Lipinski definition) is 1. The first-order valence-electron chi connectivity index (χ1n) is 14.6. The SMILES string of the molecule is CC[C@H]1O[C@@H](n2ccc(N)nc2=O)[C@@H](O[Si](C)(C)C(C)(C)C)C1OCCCCCCN1C(=O)c2ccccc2C1=O. The zero-order chi connectivity index (χ0) is 29.9. The lowest BCUT2D eigenvalue weighted by atomic mass is 10.1. The third kappa shape index (κ3) is 6.63. The number of ether oxygens (including phenoxy) is 2. The average Bonchev–Trinajstić information content (AvgIpc) is 3.36. The van der Waals surface area contributed by atoms with Gasteiger partial charge in [-0.15, -0.1) is 0 Å². The average molecular weight is 585 g/mol. The number of nitrogen functional groups attached to an aromatic ring is 1. The van der Waals surface area contributed by atoms with Gasteiger partial charge in [-0.25, -0.2) is 4.79 Å². The molecule has 0 bridgehead atoms. The summed E-state index contributed by atoms with van der Waals surface area (Å²) in [6, 6.07) is 8.55. The topological polar surface area (TPSA) is 126 Å². The Balaban J connectivity index is 1.35. The number of aromatic nitrogens is 2. The Morgan fingerprint density at radius 2 is 1.61 bits per heavy atom. The number of imide groups is 1. The van der Waals surface area contributed by atoms with E-state index in [1.165, 1.54) is 9.47 Å². The number of carbonyl (C=O) groups excluding carboxylic acids is 2. The molecule has 1 unspecified atom stereocenters. The van der Waals surface area contributed by atoms with Crippen LogP contribution in [-0.4, -0.2) is 66.0 Å². The Kier molecular flexibility index (Phi) is 9.52. The fraction of sp³-hybridized carbons (Fsp3) is 0.600. The summed E-state index contributed by atoms with van der Waals surface area (Å²) in [6.45, 7) is 13.8. The monoisotopic (exact) mass is 584 g/mol. The van der Waals surface area contributed by atoms with E-state index >= 15 is 0 Å². The predicted octanol–water partition coefficient (Wildman–Crippen LogP) is 4.77. The first kappa shape index (κ1) is 31.1. The number of benzene rings is 1. The van der Waals surface area contributed by atoms with Crippen molar-refractivity contribution in [3.05, 3.63) is 58.1 Å². The zero-order valence-electron chi connectivity index (χ0n) is 25.1. The van der Waals surface area contributed by atoms with Crippen LogP contribution in [0, 0.1) is 0 Å². The van der Waals surface area contributed by atoms with Crippen molar-refractivity contribution in [2.75, 3.05) is 18.9 Å². The van der Waals surface area contributed by atoms with Gasteiger partial charge in [-0.3, -0.25) is 19.1 Å². The molecule has 41 heavy (non-hydrogen) atoms. The molecule has 3 heterocycles. The van der Waals surface area contributed by atoms with Crippen molar-refractivity contribution in [3.8, 4) is 0 Å². The molecule has 0 aliphatic carbocycles. The third-order valence-corrected chi connectivity index (χ3v) is 13.0. The molecule has 2 N–H and O–H groups in total. The highest BCUT2D eigenvalue weighted by molar-refractivity contribution is 6.74. The lowest BCUT2D eigenvalue weighted by Gasteiger charge is -2.40. The summed E-state index contributed by atoms with van der Waals surface area (Å²) < 4.78 is 21.1. The van der Waals surface area contributed by atoms with Gasteiger partial charge < -0.3 is 19.6 Å². The number of unbranched alkanes of at least 4 members (excludes halogenated alkanes) is 3. The second kappa shape index (κ2) is 12.6. The molecule has 224 valence electrons. The van der Waals surface area contributed by atoms with Crippen molar-refractivity contribution in [1.29, 1.82) is 0 Å². The summed E-state index contributed by atoms with van der Waals surface area (Å²) in [5.41, 5.74) is 6.23. The van der Waals surface area contributed by atoms with Crippen LogP contribution in [0.15, 0.2) is 41.3 Å². The first-order valence-corrected chi connectivity index (χ1v) is 17.5. The van der Waals surface area contributed by atoms with Gasteiger partial charge in [-0.2, -0.15) is 4.98 Å². The van der Waals surface area contributed by atoms with Crippen molar-refractivity contribution in [1.82, 2.24) is 14.5 Å². The number of hydrogen-bond acceptors (Lipinski definition) is 8. The molecule has 2 aromatic rings. The molecule has 0 saturated carbocycles. The fourth-order valence-electron chi connectivity index (χ4n) is 5.11. The van der Waals surface area contributed by atoms with E-state index in [0.29, 0.717) is 30.7 Å². The van der Waals surface area contributed by atoms with E-state index in [1.807, 2.05) is 6.92 Å². The van der Waals surface area contributed by atoms with Gasteiger partial charge in [-0.1, -0.05) is 52.7 Å². The van der Waals surface area contributed by atoms with Gasteiger partial charge in [0.15, 0.2) is 14.5 Å². The van der Waals surface area contributed by atoms with Crippen LogP contribution in [-0.2, 0) is 13.9 Å². The van der Waals surface area contributed by atoms with Crippen molar-refractivity contribution in [2.24, 2.45) is 0 Å². The summed E-state index contributed by atoms with van der Waals surface area (Å²) in [5, 5.41) is -0.0454. The zero-order valence-corrected chi connectivity index (χ0v) is 26.1. The maximum atomic E-state index is 12.8. The molecule has 11 heteroatoms. The molecule has 10 nitrogen and oxygen atoms in total. The Hall–Kier alpha value is -2.86. The fourth-order valence-corrected chi connectivity index (χ4v) is 6.40. The molecule has 1 aromatic heterocycles. The molecule has 2 aliphatic rings. The molecule has 1 fully saturated rings. The number of rotatable bonds is 12. The molecular weight excluding hydrogens is 540 g/mol. The van der Waals surface area contributed by atoms with Crippen LogP contribution in [0.1, 0.15) is 86.7 Å². The summed E-state index contributed by atoms with van der Waals surface area (Å²) in [6.07, 6.45) is 3.90. The van der Waals surface area contributed by atoms with Gasteiger partial charge in [0, 0.05) is 19.3 Å². The largest absolute Gasteiger partial charge is 0.407 e. The lowest BCUT2D eigenvalue weighted by molar-refractivity contribution is -0.0410. The maximum absolute atomic E-state index is 12.8. The second-order valence-electron chi connectivity index (χ2n) is 12.4. The van der Waals surface area contributed by atoms with Crippen molar-refractivity contribution < 1.29 is 23.5 Å². The lowest BCUT2D eigenvalue weighted by Crippen LogP contribution is -2.50. The van der Waals surface area contributed by atoms with Gasteiger partial charge >= 0.3 is 5.69 Å². The van der Waals surface area contributed by atoms with Crippen molar-refractivity contribution in [3.63, 3.8) is 0 Å². The van der Waals surface area contributed by atoms with Crippen LogP contribution in [0.2, 0.25) is 18.1 Å². The van der Waals surface area contributed by atoms with Crippen LogP contribution < -0.4 is 11.4 Å². The summed E-state index contributed by atoms with van der Waals surface area (Å²) >= 11 is 0. The second-order valence-corrected chi connectivity index (χ2v) is 17.2. The highest BCUT2D eigenvalue weighted by Gasteiger charge is 2.51. The molecule has 4 rings (SSSR count). The van der Waals surface area contributed by atoms with Crippen LogP contribution in [0.5, 0.6) is 0 Å². The highest BCUT2D eigenvalue weighted by atomic mass is 28.4. The van der Waals surface area contributed by atoms with Crippen molar-refractivity contribution in [2.45, 2.75) is 102 Å². The Morgan fingerprint density at radius 1 is 0.976 bits per heavy atom. The van der Waals surface area contributed by atoms with Gasteiger partial charge in [0.25, 0.3) is 11.8 Å². The molecular formula is C30H44N4O6Si. The van der Waals surface area contributed by atoms with Crippen LogP contribution in [0.4, 0.5) is 5.82 Å². The van der Waals surface area contributed by atoms with Gasteiger partial charge in [0.1, 0.15) is 18.0 Å². The summed E-state index contributed by atoms with van der Waals surface area (Å²) in [7, 11) is -2.25. The van der Waals surface area contributed by atoms with E-state index in [4.69, 9.17) is 19.6 Å². The first-order chi connectivity index (χ1) is 19.4. The van der Waals surface area contributed by atoms with E-state index in [9.17, 15) is 14.4 Å². The molecule has 2 amide bonds. The van der Waals surface area contributed by atoms with E-state index < -0.39 is 26.3 Å². The minimum Gasteiger partial charge on any atom is -0.407 e. The van der Waals surface area contributed by atoms with Crippen LogP contribution in [0.25, 0.3) is 0 Å². The minimum absolute atomic E-state index is 0.0454. The van der Waals surface area contributed by atoms with Crippen molar-refractivity contribution >= 4 is 25.9 Å². The normalized spacial score (nSPS) is 22.9.